The van der Waals surface area contributed by atoms with Gasteiger partial charge < -0.3 is 5.11 Å². The standard InChI is InChI=1S/C23H32O2/c1-5-9-23(25)12-8-19-17-13-15(2)20-14-16(24)6-10-21(20,3)18(17)7-11-22(19,23)4/h14-15,17-19,25H,6-8,10-13H2,1-4H3/t15?,17-,18-,19+,21-,22+,23?/m1/s1. The molecule has 4 rings (SSSR count). The van der Waals surface area contributed by atoms with Gasteiger partial charge in [0.25, 0.3) is 0 Å². The first kappa shape index (κ1) is 17.3. The minimum absolute atomic E-state index is 0.0705. The summed E-state index contributed by atoms with van der Waals surface area (Å²) < 4.78 is 0. The molecule has 2 nitrogen and oxygen atoms in total. The molecule has 4 aliphatic rings. The van der Waals surface area contributed by atoms with E-state index in [1.807, 2.05) is 13.0 Å². The molecule has 0 heterocycles. The first-order valence-electron chi connectivity index (χ1n) is 10.2. The van der Waals surface area contributed by atoms with E-state index < -0.39 is 5.60 Å². The Bertz CT molecular complexity index is 695. The van der Waals surface area contributed by atoms with Crippen LogP contribution >= 0.6 is 0 Å². The summed E-state index contributed by atoms with van der Waals surface area (Å²) in [6.07, 6.45) is 9.05. The Balaban J connectivity index is 1.73. The van der Waals surface area contributed by atoms with Crippen molar-refractivity contribution in [2.45, 2.75) is 78.2 Å². The molecule has 0 amide bonds. The number of hydrogen-bond acceptors (Lipinski definition) is 2. The molecule has 2 unspecified atom stereocenters. The van der Waals surface area contributed by atoms with Crippen LogP contribution in [-0.2, 0) is 4.79 Å². The largest absolute Gasteiger partial charge is 0.377 e. The van der Waals surface area contributed by atoms with Gasteiger partial charge in [0.15, 0.2) is 5.78 Å². The number of carbonyl (C=O) groups is 1. The summed E-state index contributed by atoms with van der Waals surface area (Å²) in [5, 5.41) is 11.3. The van der Waals surface area contributed by atoms with Crippen molar-refractivity contribution in [1.82, 2.24) is 0 Å². The average Bonchev–Trinajstić information content (AvgIpc) is 2.82. The van der Waals surface area contributed by atoms with Crippen LogP contribution in [0.3, 0.4) is 0 Å². The number of rotatable bonds is 0. The molecule has 0 spiro atoms. The van der Waals surface area contributed by atoms with Crippen LogP contribution in [0.4, 0.5) is 0 Å². The van der Waals surface area contributed by atoms with E-state index in [4.69, 9.17) is 0 Å². The van der Waals surface area contributed by atoms with Gasteiger partial charge in [0.05, 0.1) is 0 Å². The molecule has 3 fully saturated rings. The number of aliphatic hydroxyl groups is 1. The summed E-state index contributed by atoms with van der Waals surface area (Å²) >= 11 is 0. The molecule has 0 radical (unpaired) electrons. The van der Waals surface area contributed by atoms with Gasteiger partial charge in [0.1, 0.15) is 5.60 Å². The molecule has 4 aliphatic carbocycles. The minimum Gasteiger partial charge on any atom is -0.377 e. The van der Waals surface area contributed by atoms with Gasteiger partial charge in [0, 0.05) is 11.8 Å². The quantitative estimate of drug-likeness (QED) is 0.658. The first-order chi connectivity index (χ1) is 11.7. The number of hydrogen-bond donors (Lipinski definition) is 1. The van der Waals surface area contributed by atoms with Crippen LogP contribution in [0.5, 0.6) is 0 Å². The molecular weight excluding hydrogens is 308 g/mol. The molecule has 7 atom stereocenters. The molecular formula is C23H32O2. The second-order valence-electron chi connectivity index (χ2n) is 9.73. The van der Waals surface area contributed by atoms with Gasteiger partial charge in [-0.05, 0) is 80.6 Å². The van der Waals surface area contributed by atoms with Crippen LogP contribution in [0.15, 0.2) is 11.6 Å². The Morgan fingerprint density at radius 2 is 1.88 bits per heavy atom. The Hall–Kier alpha value is -1.07. The number of allylic oxidation sites excluding steroid dienone is 1. The third-order valence-corrected chi connectivity index (χ3v) is 8.76. The van der Waals surface area contributed by atoms with E-state index in [0.717, 1.165) is 25.7 Å². The summed E-state index contributed by atoms with van der Waals surface area (Å²) in [6.45, 7) is 8.89. The van der Waals surface area contributed by atoms with Crippen LogP contribution in [-0.4, -0.2) is 16.5 Å². The Morgan fingerprint density at radius 3 is 2.60 bits per heavy atom. The zero-order valence-corrected chi connectivity index (χ0v) is 16.2. The fraction of sp³-hybridized carbons (Fsp3) is 0.783. The van der Waals surface area contributed by atoms with Gasteiger partial charge >= 0.3 is 0 Å². The minimum atomic E-state index is -0.805. The summed E-state index contributed by atoms with van der Waals surface area (Å²) in [5.74, 6) is 8.90. The summed E-state index contributed by atoms with van der Waals surface area (Å²) in [4.78, 5) is 12.0. The Kier molecular flexibility index (Phi) is 3.79. The van der Waals surface area contributed by atoms with Crippen molar-refractivity contribution < 1.29 is 9.90 Å². The smallest absolute Gasteiger partial charge is 0.155 e. The van der Waals surface area contributed by atoms with Crippen LogP contribution < -0.4 is 0 Å². The maximum Gasteiger partial charge on any atom is 0.155 e. The monoisotopic (exact) mass is 340 g/mol. The van der Waals surface area contributed by atoms with Crippen LogP contribution in [0.1, 0.15) is 72.6 Å². The highest BCUT2D eigenvalue weighted by molar-refractivity contribution is 5.91. The molecule has 25 heavy (non-hydrogen) atoms. The number of fused-ring (bicyclic) bond motifs is 5. The molecule has 3 saturated carbocycles. The third-order valence-electron chi connectivity index (χ3n) is 8.76. The Morgan fingerprint density at radius 1 is 1.16 bits per heavy atom. The fourth-order valence-corrected chi connectivity index (χ4v) is 7.41. The van der Waals surface area contributed by atoms with Crippen molar-refractivity contribution in [2.24, 2.45) is 34.5 Å². The van der Waals surface area contributed by atoms with Crippen molar-refractivity contribution in [1.29, 1.82) is 0 Å². The van der Waals surface area contributed by atoms with Crippen LogP contribution in [0.25, 0.3) is 0 Å². The highest BCUT2D eigenvalue weighted by Crippen LogP contribution is 2.68. The van der Waals surface area contributed by atoms with Crippen molar-refractivity contribution in [3.8, 4) is 11.8 Å². The van der Waals surface area contributed by atoms with Crippen molar-refractivity contribution >= 4 is 5.78 Å². The van der Waals surface area contributed by atoms with E-state index in [1.165, 1.54) is 18.4 Å². The van der Waals surface area contributed by atoms with E-state index >= 15 is 0 Å². The summed E-state index contributed by atoms with van der Waals surface area (Å²) in [5.41, 5.74) is 0.739. The van der Waals surface area contributed by atoms with Crippen molar-refractivity contribution in [3.05, 3.63) is 11.6 Å². The second-order valence-corrected chi connectivity index (χ2v) is 9.73. The molecule has 0 saturated heterocycles. The van der Waals surface area contributed by atoms with Crippen LogP contribution in [0, 0.1) is 46.3 Å². The third kappa shape index (κ3) is 2.18. The summed E-state index contributed by atoms with van der Waals surface area (Å²) in [6, 6.07) is 0. The first-order valence-corrected chi connectivity index (χ1v) is 10.2. The van der Waals surface area contributed by atoms with E-state index in [9.17, 15) is 9.90 Å². The van der Waals surface area contributed by atoms with Gasteiger partial charge in [-0.25, -0.2) is 0 Å². The highest BCUT2D eigenvalue weighted by atomic mass is 16.3. The van der Waals surface area contributed by atoms with Crippen molar-refractivity contribution in [2.75, 3.05) is 0 Å². The fourth-order valence-electron chi connectivity index (χ4n) is 7.41. The lowest BCUT2D eigenvalue weighted by Gasteiger charge is -2.60. The topological polar surface area (TPSA) is 37.3 Å². The molecule has 2 heteroatoms. The van der Waals surface area contributed by atoms with E-state index in [0.29, 0.717) is 35.9 Å². The lowest BCUT2D eigenvalue weighted by atomic mass is 9.45. The van der Waals surface area contributed by atoms with E-state index in [2.05, 4.69) is 32.6 Å². The Labute approximate surface area is 152 Å². The summed E-state index contributed by atoms with van der Waals surface area (Å²) in [7, 11) is 0. The zero-order chi connectivity index (χ0) is 18.0. The molecule has 0 aromatic heterocycles. The van der Waals surface area contributed by atoms with Gasteiger partial charge in [-0.3, -0.25) is 4.79 Å². The molecule has 0 aromatic rings. The predicted molar refractivity (Wildman–Crippen MR) is 99.7 cm³/mol. The van der Waals surface area contributed by atoms with Gasteiger partial charge in [-0.15, -0.1) is 5.92 Å². The maximum atomic E-state index is 12.0. The van der Waals surface area contributed by atoms with Crippen LogP contribution in [0.2, 0.25) is 0 Å². The molecule has 1 N–H and O–H groups in total. The molecule has 0 aromatic carbocycles. The molecule has 0 bridgehead atoms. The van der Waals surface area contributed by atoms with E-state index in [1.54, 1.807) is 0 Å². The normalized spacial score (nSPS) is 51.6. The van der Waals surface area contributed by atoms with Gasteiger partial charge in [-0.1, -0.05) is 32.3 Å². The average molecular weight is 341 g/mol. The predicted octanol–water partition coefficient (Wildman–Crippen LogP) is 4.52. The lowest BCUT2D eigenvalue weighted by Crippen LogP contribution is -2.55. The van der Waals surface area contributed by atoms with Gasteiger partial charge in [0.2, 0.25) is 0 Å². The number of ketones is 1. The van der Waals surface area contributed by atoms with E-state index in [-0.39, 0.29) is 10.8 Å². The highest BCUT2D eigenvalue weighted by Gasteiger charge is 2.64. The maximum absolute atomic E-state index is 12.0. The lowest BCUT2D eigenvalue weighted by molar-refractivity contribution is -0.121. The van der Waals surface area contributed by atoms with Crippen molar-refractivity contribution in [3.63, 3.8) is 0 Å². The zero-order valence-electron chi connectivity index (χ0n) is 16.2. The molecule has 0 aliphatic heterocycles. The second kappa shape index (κ2) is 5.46. The SMILES string of the molecule is CC#CC1(O)CC[C@H]2[C@@H]3CC(C)C4=CC(=O)CC[C@]4(C)[C@@H]3CC[C@@]21C. The van der Waals surface area contributed by atoms with Gasteiger partial charge in [-0.2, -0.15) is 0 Å². The molecule has 136 valence electrons. The number of carbonyl (C=O) groups excluding carboxylic acids is 1.